The van der Waals surface area contributed by atoms with E-state index in [9.17, 15) is 9.59 Å². The largest absolute Gasteiger partial charge is 0.481 e. The molecule has 0 atom stereocenters. The van der Waals surface area contributed by atoms with E-state index in [4.69, 9.17) is 28.3 Å². The summed E-state index contributed by atoms with van der Waals surface area (Å²) in [7, 11) is 0. The Kier molecular flexibility index (Phi) is 8.12. The van der Waals surface area contributed by atoms with Crippen molar-refractivity contribution in [1.82, 2.24) is 9.80 Å². The molecule has 0 bridgehead atoms. The van der Waals surface area contributed by atoms with Gasteiger partial charge in [0, 0.05) is 32.6 Å². The predicted molar refractivity (Wildman–Crippen MR) is 92.9 cm³/mol. The number of benzene rings is 1. The Labute approximate surface area is 151 Å². The molecule has 1 heterocycles. The first-order valence-corrected chi connectivity index (χ1v) is 7.92. The number of aliphatic carboxylic acids is 1. The predicted octanol–water partition coefficient (Wildman–Crippen LogP) is 3.04. The summed E-state index contributed by atoms with van der Waals surface area (Å²) in [6, 6.07) is 5.02. The van der Waals surface area contributed by atoms with Gasteiger partial charge in [0.15, 0.2) is 0 Å². The number of hydrogen-bond donors (Lipinski definition) is 1. The molecule has 1 amide bonds. The first kappa shape index (κ1) is 20.0. The van der Waals surface area contributed by atoms with Gasteiger partial charge in [-0.1, -0.05) is 29.3 Å². The van der Waals surface area contributed by atoms with Crippen molar-refractivity contribution in [3.8, 4) is 0 Å². The van der Waals surface area contributed by atoms with E-state index in [2.05, 4.69) is 4.90 Å². The van der Waals surface area contributed by atoms with Crippen molar-refractivity contribution in [3.05, 3.63) is 33.8 Å². The summed E-state index contributed by atoms with van der Waals surface area (Å²) >= 11 is 12.1. The van der Waals surface area contributed by atoms with Gasteiger partial charge < -0.3 is 10.0 Å². The molecule has 0 unspecified atom stereocenters. The zero-order chi connectivity index (χ0) is 16.1. The van der Waals surface area contributed by atoms with Crippen LogP contribution in [0, 0.1) is 0 Å². The van der Waals surface area contributed by atoms with Gasteiger partial charge in [-0.3, -0.25) is 14.5 Å². The summed E-state index contributed by atoms with van der Waals surface area (Å²) < 4.78 is 0. The van der Waals surface area contributed by atoms with E-state index in [1.165, 1.54) is 0 Å². The van der Waals surface area contributed by atoms with Crippen molar-refractivity contribution in [2.45, 2.75) is 12.8 Å². The Morgan fingerprint density at radius 3 is 2.17 bits per heavy atom. The van der Waals surface area contributed by atoms with Crippen LogP contribution in [0.1, 0.15) is 23.2 Å². The third-order valence-corrected chi connectivity index (χ3v) is 4.33. The normalized spacial score (nSPS) is 15.1. The van der Waals surface area contributed by atoms with Gasteiger partial charge in [0.1, 0.15) is 0 Å². The van der Waals surface area contributed by atoms with Crippen LogP contribution < -0.4 is 0 Å². The molecular formula is C15H19Cl3N2O3. The van der Waals surface area contributed by atoms with E-state index in [0.29, 0.717) is 35.1 Å². The molecule has 1 aliphatic heterocycles. The highest BCUT2D eigenvalue weighted by molar-refractivity contribution is 6.39. The zero-order valence-electron chi connectivity index (χ0n) is 12.5. The lowest BCUT2D eigenvalue weighted by atomic mass is 10.1. The van der Waals surface area contributed by atoms with Crippen LogP contribution in [0.5, 0.6) is 0 Å². The van der Waals surface area contributed by atoms with Crippen LogP contribution >= 0.6 is 35.6 Å². The fourth-order valence-electron chi connectivity index (χ4n) is 2.49. The highest BCUT2D eigenvalue weighted by Gasteiger charge is 2.25. The smallest absolute Gasteiger partial charge is 0.303 e. The van der Waals surface area contributed by atoms with Crippen LogP contribution in [0.4, 0.5) is 0 Å². The van der Waals surface area contributed by atoms with Gasteiger partial charge in [-0.2, -0.15) is 0 Å². The Hall–Kier alpha value is -1.01. The average molecular weight is 382 g/mol. The quantitative estimate of drug-likeness (QED) is 0.851. The molecule has 1 aromatic carbocycles. The molecule has 8 heteroatoms. The molecule has 1 N–H and O–H groups in total. The number of hydrogen-bond acceptors (Lipinski definition) is 3. The molecule has 0 aromatic heterocycles. The van der Waals surface area contributed by atoms with E-state index in [0.717, 1.165) is 19.6 Å². The highest BCUT2D eigenvalue weighted by atomic mass is 35.5. The number of amides is 1. The standard InChI is InChI=1S/C15H18Cl2N2O3.ClH/c16-11-3-1-4-12(17)14(11)15(22)19-9-7-18(8-10-19)6-2-5-13(20)21;/h1,3-4H,2,5-10H2,(H,20,21);1H. The van der Waals surface area contributed by atoms with Gasteiger partial charge >= 0.3 is 5.97 Å². The molecular weight excluding hydrogens is 363 g/mol. The molecule has 2 rings (SSSR count). The monoisotopic (exact) mass is 380 g/mol. The summed E-state index contributed by atoms with van der Waals surface area (Å²) in [6.45, 7) is 3.38. The second-order valence-electron chi connectivity index (χ2n) is 5.23. The van der Waals surface area contributed by atoms with Crippen molar-refractivity contribution < 1.29 is 14.7 Å². The van der Waals surface area contributed by atoms with E-state index in [1.54, 1.807) is 23.1 Å². The molecule has 0 spiro atoms. The number of carbonyl (C=O) groups is 2. The molecule has 1 saturated heterocycles. The molecule has 1 aromatic rings. The molecule has 0 saturated carbocycles. The molecule has 1 fully saturated rings. The number of piperazine rings is 1. The Morgan fingerprint density at radius 2 is 1.65 bits per heavy atom. The van der Waals surface area contributed by atoms with E-state index < -0.39 is 5.97 Å². The maximum absolute atomic E-state index is 12.5. The van der Waals surface area contributed by atoms with Crippen molar-refractivity contribution in [3.63, 3.8) is 0 Å². The number of carbonyl (C=O) groups excluding carboxylic acids is 1. The third kappa shape index (κ3) is 5.53. The second kappa shape index (κ2) is 9.33. The summed E-state index contributed by atoms with van der Waals surface area (Å²) in [4.78, 5) is 26.9. The molecule has 1 aliphatic rings. The minimum absolute atomic E-state index is 0. The first-order chi connectivity index (χ1) is 10.5. The topological polar surface area (TPSA) is 60.9 Å². The third-order valence-electron chi connectivity index (χ3n) is 3.70. The first-order valence-electron chi connectivity index (χ1n) is 7.16. The SMILES string of the molecule is Cl.O=C(O)CCCN1CCN(C(=O)c2c(Cl)cccc2Cl)CC1. The van der Waals surface area contributed by atoms with E-state index >= 15 is 0 Å². The number of rotatable bonds is 5. The lowest BCUT2D eigenvalue weighted by Crippen LogP contribution is -2.49. The van der Waals surface area contributed by atoms with Crippen molar-refractivity contribution in [2.75, 3.05) is 32.7 Å². The Morgan fingerprint density at radius 1 is 1.09 bits per heavy atom. The highest BCUT2D eigenvalue weighted by Crippen LogP contribution is 2.26. The van der Waals surface area contributed by atoms with Crippen LogP contribution in [0.25, 0.3) is 0 Å². The van der Waals surface area contributed by atoms with Crippen molar-refractivity contribution >= 4 is 47.5 Å². The number of carboxylic acids is 1. The molecule has 23 heavy (non-hydrogen) atoms. The second-order valence-corrected chi connectivity index (χ2v) is 6.04. The van der Waals surface area contributed by atoms with Gasteiger partial charge in [0.25, 0.3) is 5.91 Å². The molecule has 0 aliphatic carbocycles. The molecule has 128 valence electrons. The van der Waals surface area contributed by atoms with Crippen LogP contribution in [-0.4, -0.2) is 59.5 Å². The Balaban J connectivity index is 0.00000264. The number of carboxylic acid groups (broad SMARTS) is 1. The lowest BCUT2D eigenvalue weighted by Gasteiger charge is -2.35. The van der Waals surface area contributed by atoms with Crippen LogP contribution in [-0.2, 0) is 4.79 Å². The summed E-state index contributed by atoms with van der Waals surface area (Å²) in [5.74, 6) is -0.928. The van der Waals surface area contributed by atoms with Gasteiger partial charge in [0.2, 0.25) is 0 Å². The van der Waals surface area contributed by atoms with E-state index in [-0.39, 0.29) is 24.7 Å². The van der Waals surface area contributed by atoms with Crippen molar-refractivity contribution in [2.24, 2.45) is 0 Å². The van der Waals surface area contributed by atoms with E-state index in [1.807, 2.05) is 0 Å². The van der Waals surface area contributed by atoms with Gasteiger partial charge in [-0.05, 0) is 25.1 Å². The fourth-order valence-corrected chi connectivity index (χ4v) is 3.05. The van der Waals surface area contributed by atoms with Crippen LogP contribution in [0.3, 0.4) is 0 Å². The lowest BCUT2D eigenvalue weighted by molar-refractivity contribution is -0.137. The minimum Gasteiger partial charge on any atom is -0.481 e. The summed E-state index contributed by atoms with van der Waals surface area (Å²) in [6.07, 6.45) is 0.800. The van der Waals surface area contributed by atoms with Gasteiger partial charge in [0.05, 0.1) is 15.6 Å². The number of halogens is 3. The summed E-state index contributed by atoms with van der Waals surface area (Å²) in [5, 5.41) is 9.36. The molecule has 5 nitrogen and oxygen atoms in total. The fraction of sp³-hybridized carbons (Fsp3) is 0.467. The summed E-state index contributed by atoms with van der Waals surface area (Å²) in [5.41, 5.74) is 0.352. The maximum Gasteiger partial charge on any atom is 0.303 e. The Bertz CT molecular complexity index is 541. The number of nitrogens with zero attached hydrogens (tertiary/aromatic N) is 2. The average Bonchev–Trinajstić information content (AvgIpc) is 2.47. The zero-order valence-corrected chi connectivity index (χ0v) is 14.8. The van der Waals surface area contributed by atoms with Crippen LogP contribution in [0.15, 0.2) is 18.2 Å². The van der Waals surface area contributed by atoms with Gasteiger partial charge in [-0.25, -0.2) is 0 Å². The van der Waals surface area contributed by atoms with Crippen LogP contribution in [0.2, 0.25) is 10.0 Å². The van der Waals surface area contributed by atoms with Gasteiger partial charge in [-0.15, -0.1) is 12.4 Å². The maximum atomic E-state index is 12.5. The minimum atomic E-state index is -0.776. The molecule has 0 radical (unpaired) electrons. The van der Waals surface area contributed by atoms with Crippen molar-refractivity contribution in [1.29, 1.82) is 0 Å².